The largest absolute Gasteiger partial charge is 0.435 e. The van der Waals surface area contributed by atoms with E-state index in [4.69, 9.17) is 0 Å². The molecule has 0 aliphatic heterocycles. The SMILES string of the molecule is Cc1[nH]c(=O)[nH]c(=O)c1CC(=O)NCCn1nc(C(F)(F)F)cc1C. The van der Waals surface area contributed by atoms with Crippen molar-refractivity contribution in [2.24, 2.45) is 0 Å². The van der Waals surface area contributed by atoms with Gasteiger partial charge in [0.15, 0.2) is 5.69 Å². The highest BCUT2D eigenvalue weighted by Crippen LogP contribution is 2.28. The second kappa shape index (κ2) is 6.95. The van der Waals surface area contributed by atoms with E-state index in [0.717, 1.165) is 10.7 Å². The highest BCUT2D eigenvalue weighted by Gasteiger charge is 2.34. The first-order valence-corrected chi connectivity index (χ1v) is 7.28. The fourth-order valence-corrected chi connectivity index (χ4v) is 2.24. The van der Waals surface area contributed by atoms with E-state index < -0.39 is 29.0 Å². The monoisotopic (exact) mass is 359 g/mol. The first-order chi connectivity index (χ1) is 11.6. The zero-order valence-corrected chi connectivity index (χ0v) is 13.5. The Balaban J connectivity index is 1.95. The van der Waals surface area contributed by atoms with Crippen LogP contribution in [0.15, 0.2) is 15.7 Å². The van der Waals surface area contributed by atoms with Gasteiger partial charge in [0.2, 0.25) is 5.91 Å². The molecule has 0 bridgehead atoms. The summed E-state index contributed by atoms with van der Waals surface area (Å²) < 4.78 is 38.9. The number of carbonyl (C=O) groups is 1. The van der Waals surface area contributed by atoms with Crippen molar-refractivity contribution in [3.05, 3.63) is 49.5 Å². The number of carbonyl (C=O) groups excluding carboxylic acids is 1. The first kappa shape index (κ1) is 18.5. The number of hydrogen-bond donors (Lipinski definition) is 3. The number of alkyl halides is 3. The average molecular weight is 359 g/mol. The van der Waals surface area contributed by atoms with Crippen molar-refractivity contribution in [2.75, 3.05) is 6.54 Å². The van der Waals surface area contributed by atoms with Gasteiger partial charge in [0.1, 0.15) is 0 Å². The second-order valence-electron chi connectivity index (χ2n) is 5.43. The van der Waals surface area contributed by atoms with E-state index in [2.05, 4.69) is 15.4 Å². The van der Waals surface area contributed by atoms with Gasteiger partial charge >= 0.3 is 11.9 Å². The Kier molecular flexibility index (Phi) is 5.14. The summed E-state index contributed by atoms with van der Waals surface area (Å²) in [5.41, 5.74) is -1.61. The number of nitrogens with zero attached hydrogens (tertiary/aromatic N) is 2. The summed E-state index contributed by atoms with van der Waals surface area (Å²) in [4.78, 5) is 39.0. The van der Waals surface area contributed by atoms with Gasteiger partial charge in [-0.15, -0.1) is 0 Å². The summed E-state index contributed by atoms with van der Waals surface area (Å²) >= 11 is 0. The van der Waals surface area contributed by atoms with Crippen LogP contribution in [-0.2, 0) is 23.9 Å². The smallest absolute Gasteiger partial charge is 0.354 e. The molecule has 25 heavy (non-hydrogen) atoms. The van der Waals surface area contributed by atoms with E-state index in [0.29, 0.717) is 5.69 Å². The van der Waals surface area contributed by atoms with Crippen molar-refractivity contribution in [3.63, 3.8) is 0 Å². The standard InChI is InChI=1S/C14H16F3N5O3/c1-7-5-10(14(15,16)17)21-22(7)4-3-18-11(23)6-9-8(2)19-13(25)20-12(9)24/h5H,3-4,6H2,1-2H3,(H,18,23)(H2,19,20,24,25). The highest BCUT2D eigenvalue weighted by molar-refractivity contribution is 5.78. The molecule has 2 aromatic heterocycles. The number of amides is 1. The van der Waals surface area contributed by atoms with Gasteiger partial charge in [-0.05, 0) is 19.9 Å². The zero-order valence-electron chi connectivity index (χ0n) is 13.5. The number of hydrogen-bond acceptors (Lipinski definition) is 4. The van der Waals surface area contributed by atoms with Crippen molar-refractivity contribution in [2.45, 2.75) is 33.0 Å². The maximum atomic E-state index is 12.6. The predicted molar refractivity (Wildman–Crippen MR) is 81.1 cm³/mol. The molecule has 1 amide bonds. The lowest BCUT2D eigenvalue weighted by molar-refractivity contribution is -0.141. The lowest BCUT2D eigenvalue weighted by Gasteiger charge is -2.08. The van der Waals surface area contributed by atoms with Crippen LogP contribution < -0.4 is 16.6 Å². The summed E-state index contributed by atoms with van der Waals surface area (Å²) in [5.74, 6) is -0.499. The van der Waals surface area contributed by atoms with Gasteiger partial charge < -0.3 is 10.3 Å². The van der Waals surface area contributed by atoms with Crippen LogP contribution in [0, 0.1) is 13.8 Å². The van der Waals surface area contributed by atoms with Gasteiger partial charge in [-0.25, -0.2) is 4.79 Å². The van der Waals surface area contributed by atoms with Gasteiger partial charge in [0.05, 0.1) is 13.0 Å². The highest BCUT2D eigenvalue weighted by atomic mass is 19.4. The second-order valence-corrected chi connectivity index (χ2v) is 5.43. The van der Waals surface area contributed by atoms with Crippen LogP contribution in [0.25, 0.3) is 0 Å². The molecule has 11 heteroatoms. The molecule has 0 atom stereocenters. The van der Waals surface area contributed by atoms with Gasteiger partial charge in [-0.1, -0.05) is 0 Å². The van der Waals surface area contributed by atoms with Gasteiger partial charge in [0, 0.05) is 23.5 Å². The average Bonchev–Trinajstić information content (AvgIpc) is 2.84. The lowest BCUT2D eigenvalue weighted by atomic mass is 10.1. The predicted octanol–water partition coefficient (Wildman–Crippen LogP) is 0.254. The van der Waals surface area contributed by atoms with Crippen LogP contribution in [0.5, 0.6) is 0 Å². The first-order valence-electron chi connectivity index (χ1n) is 7.28. The van der Waals surface area contributed by atoms with E-state index in [1.165, 1.54) is 13.8 Å². The van der Waals surface area contributed by atoms with Gasteiger partial charge in [-0.2, -0.15) is 18.3 Å². The number of aryl methyl sites for hydroxylation is 2. The molecule has 0 saturated heterocycles. The third-order valence-electron chi connectivity index (χ3n) is 3.51. The molecule has 0 radical (unpaired) electrons. The number of H-pyrrole nitrogens is 2. The summed E-state index contributed by atoms with van der Waals surface area (Å²) in [6, 6.07) is 0.922. The minimum absolute atomic E-state index is 0.0406. The molecule has 136 valence electrons. The van der Waals surface area contributed by atoms with Gasteiger partial charge in [-0.3, -0.25) is 19.3 Å². The fourth-order valence-electron chi connectivity index (χ4n) is 2.24. The molecule has 0 unspecified atom stereocenters. The summed E-state index contributed by atoms with van der Waals surface area (Å²) in [6.07, 6.45) is -4.79. The summed E-state index contributed by atoms with van der Waals surface area (Å²) in [5, 5.41) is 5.94. The molecule has 2 aromatic rings. The minimum atomic E-state index is -4.53. The maximum Gasteiger partial charge on any atom is 0.435 e. The minimum Gasteiger partial charge on any atom is -0.354 e. The molecule has 0 aliphatic carbocycles. The molecule has 0 aliphatic rings. The fraction of sp³-hybridized carbons (Fsp3) is 0.429. The molecule has 2 rings (SSSR count). The van der Waals surface area contributed by atoms with Crippen LogP contribution in [0.1, 0.15) is 22.6 Å². The molecule has 0 aromatic carbocycles. The van der Waals surface area contributed by atoms with Crippen molar-refractivity contribution in [3.8, 4) is 0 Å². The molecular formula is C14H16F3N5O3. The van der Waals surface area contributed by atoms with E-state index in [1.54, 1.807) is 0 Å². The Morgan fingerprint density at radius 3 is 2.52 bits per heavy atom. The number of aromatic nitrogens is 4. The Hall–Kier alpha value is -2.85. The molecule has 0 saturated carbocycles. The van der Waals surface area contributed by atoms with Crippen LogP contribution in [0.3, 0.4) is 0 Å². The molecule has 0 fully saturated rings. The lowest BCUT2D eigenvalue weighted by Crippen LogP contribution is -2.33. The molecule has 8 nitrogen and oxygen atoms in total. The van der Waals surface area contributed by atoms with Crippen molar-refractivity contribution < 1.29 is 18.0 Å². The Morgan fingerprint density at radius 2 is 1.96 bits per heavy atom. The third kappa shape index (κ3) is 4.58. The normalized spacial score (nSPS) is 11.6. The maximum absolute atomic E-state index is 12.6. The van der Waals surface area contributed by atoms with Crippen LogP contribution >= 0.6 is 0 Å². The summed E-state index contributed by atoms with van der Waals surface area (Å²) in [6.45, 7) is 3.06. The zero-order chi connectivity index (χ0) is 18.8. The molecule has 0 spiro atoms. The van der Waals surface area contributed by atoms with Crippen molar-refractivity contribution in [1.29, 1.82) is 0 Å². The Morgan fingerprint density at radius 1 is 1.28 bits per heavy atom. The van der Waals surface area contributed by atoms with Crippen LogP contribution in [0.2, 0.25) is 0 Å². The molecule has 2 heterocycles. The number of halogens is 3. The number of nitrogens with one attached hydrogen (secondary N) is 3. The molecular weight excluding hydrogens is 343 g/mol. The van der Waals surface area contributed by atoms with E-state index in [9.17, 15) is 27.6 Å². The van der Waals surface area contributed by atoms with Crippen molar-refractivity contribution >= 4 is 5.91 Å². The topological polar surface area (TPSA) is 113 Å². The van der Waals surface area contributed by atoms with E-state index >= 15 is 0 Å². The Bertz CT molecular complexity index is 894. The van der Waals surface area contributed by atoms with E-state index in [1.807, 2.05) is 4.98 Å². The van der Waals surface area contributed by atoms with Gasteiger partial charge in [0.25, 0.3) is 5.56 Å². The third-order valence-corrected chi connectivity index (χ3v) is 3.51. The van der Waals surface area contributed by atoms with Crippen LogP contribution in [-0.4, -0.2) is 32.2 Å². The number of rotatable bonds is 5. The molecule has 3 N–H and O–H groups in total. The number of aromatic amines is 2. The van der Waals surface area contributed by atoms with Crippen molar-refractivity contribution in [1.82, 2.24) is 25.1 Å². The van der Waals surface area contributed by atoms with E-state index in [-0.39, 0.29) is 30.8 Å². The summed E-state index contributed by atoms with van der Waals surface area (Å²) in [7, 11) is 0. The Labute approximate surface area is 139 Å². The van der Waals surface area contributed by atoms with Crippen LogP contribution in [0.4, 0.5) is 13.2 Å². The quantitative estimate of drug-likeness (QED) is 0.710.